The molecule has 0 aliphatic carbocycles. The van der Waals surface area contributed by atoms with Crippen LogP contribution in [0.2, 0.25) is 0 Å². The van der Waals surface area contributed by atoms with Gasteiger partial charge in [0.25, 0.3) is 0 Å². The molecule has 1 amide bonds. The molecule has 0 atom stereocenters. The normalized spacial score (nSPS) is 19.1. The number of thiocarbonyl (C=S) groups is 1. The van der Waals surface area contributed by atoms with E-state index in [-0.39, 0.29) is 12.5 Å². The second-order valence-electron chi connectivity index (χ2n) is 1.64. The van der Waals surface area contributed by atoms with Crippen molar-refractivity contribution in [1.82, 2.24) is 16.0 Å². The van der Waals surface area contributed by atoms with Gasteiger partial charge in [-0.15, -0.1) is 0 Å². The van der Waals surface area contributed by atoms with E-state index in [9.17, 15) is 4.79 Å². The summed E-state index contributed by atoms with van der Waals surface area (Å²) in [6.07, 6.45) is 0. The van der Waals surface area contributed by atoms with Crippen molar-refractivity contribution in [2.24, 2.45) is 0 Å². The van der Waals surface area contributed by atoms with E-state index in [4.69, 9.17) is 12.2 Å². The molecule has 1 aliphatic rings. The Morgan fingerprint density at radius 3 is 2.89 bits per heavy atom. The van der Waals surface area contributed by atoms with E-state index in [0.29, 0.717) is 11.8 Å². The van der Waals surface area contributed by atoms with Crippen molar-refractivity contribution >= 4 is 23.2 Å². The van der Waals surface area contributed by atoms with Crippen molar-refractivity contribution in [3.05, 3.63) is 0 Å². The molecule has 0 radical (unpaired) electrons. The zero-order valence-electron chi connectivity index (χ0n) is 4.73. The third kappa shape index (κ3) is 1.85. The van der Waals surface area contributed by atoms with Crippen LogP contribution in [0.25, 0.3) is 0 Å². The summed E-state index contributed by atoms with van der Waals surface area (Å²) in [5.74, 6) is -0.0395. The molecule has 0 spiro atoms. The third-order valence-electron chi connectivity index (χ3n) is 0.944. The van der Waals surface area contributed by atoms with Crippen LogP contribution in [0.4, 0.5) is 0 Å². The zero-order chi connectivity index (χ0) is 6.69. The Morgan fingerprint density at radius 1 is 1.33 bits per heavy atom. The number of hydrogen-bond acceptors (Lipinski definition) is 2. The Morgan fingerprint density at radius 2 is 2.11 bits per heavy atom. The number of nitrogens with one attached hydrogen (secondary N) is 3. The van der Waals surface area contributed by atoms with Gasteiger partial charge in [-0.1, -0.05) is 0 Å². The van der Waals surface area contributed by atoms with Crippen molar-refractivity contribution in [3.8, 4) is 0 Å². The van der Waals surface area contributed by atoms with Gasteiger partial charge < -0.3 is 16.0 Å². The van der Waals surface area contributed by atoms with Crippen LogP contribution in [0.15, 0.2) is 0 Å². The fraction of sp³-hybridized carbons (Fsp3) is 0.500. The maximum Gasteiger partial charge on any atom is 0.240 e. The molecule has 9 heavy (non-hydrogen) atoms. The highest BCUT2D eigenvalue weighted by Crippen LogP contribution is 1.71. The monoisotopic (exact) mass is 145 g/mol. The Balaban J connectivity index is 2.43. The van der Waals surface area contributed by atoms with Gasteiger partial charge in [-0.3, -0.25) is 4.79 Å². The lowest BCUT2D eigenvalue weighted by Gasteiger charge is -1.99. The number of carbonyl (C=O) groups excluding carboxylic acids is 1. The van der Waals surface area contributed by atoms with Crippen LogP contribution in [0.5, 0.6) is 0 Å². The molecule has 1 fully saturated rings. The summed E-state index contributed by atoms with van der Waals surface area (Å²) < 4.78 is 0. The standard InChI is InChI=1S/C4H7N3OS/c8-3-1-5-4(9)7-2-6-3/h1-2H2,(H,6,8)(H2,5,7,9). The van der Waals surface area contributed by atoms with Crippen molar-refractivity contribution in [3.63, 3.8) is 0 Å². The minimum atomic E-state index is -0.0395. The second-order valence-corrected chi connectivity index (χ2v) is 2.04. The van der Waals surface area contributed by atoms with Gasteiger partial charge in [-0.2, -0.15) is 0 Å². The number of carbonyl (C=O) groups is 1. The molecule has 1 aliphatic heterocycles. The maximum absolute atomic E-state index is 10.6. The molecule has 1 rings (SSSR count). The van der Waals surface area contributed by atoms with Gasteiger partial charge in [0, 0.05) is 0 Å². The summed E-state index contributed by atoms with van der Waals surface area (Å²) in [5, 5.41) is 8.56. The van der Waals surface area contributed by atoms with Gasteiger partial charge in [0.2, 0.25) is 5.91 Å². The van der Waals surface area contributed by atoms with Gasteiger partial charge in [0.1, 0.15) is 0 Å². The van der Waals surface area contributed by atoms with Gasteiger partial charge >= 0.3 is 0 Å². The lowest BCUT2D eigenvalue weighted by Crippen LogP contribution is -2.34. The Kier molecular flexibility index (Phi) is 1.84. The van der Waals surface area contributed by atoms with E-state index in [1.165, 1.54) is 0 Å². The van der Waals surface area contributed by atoms with Gasteiger partial charge in [-0.05, 0) is 12.2 Å². The van der Waals surface area contributed by atoms with E-state index in [2.05, 4.69) is 16.0 Å². The topological polar surface area (TPSA) is 53.2 Å². The zero-order valence-corrected chi connectivity index (χ0v) is 5.55. The Labute approximate surface area is 58.0 Å². The minimum Gasteiger partial charge on any atom is -0.354 e. The third-order valence-corrected chi connectivity index (χ3v) is 1.23. The maximum atomic E-state index is 10.6. The molecule has 50 valence electrons. The second kappa shape index (κ2) is 2.63. The Hall–Kier alpha value is -0.840. The predicted molar refractivity (Wildman–Crippen MR) is 36.7 cm³/mol. The number of hydrogen-bond donors (Lipinski definition) is 3. The van der Waals surface area contributed by atoms with Crippen LogP contribution < -0.4 is 16.0 Å². The Bertz CT molecular complexity index is 131. The van der Waals surface area contributed by atoms with Crippen LogP contribution in [-0.4, -0.2) is 24.2 Å². The first-order chi connectivity index (χ1) is 4.29. The smallest absolute Gasteiger partial charge is 0.240 e. The summed E-state index contributed by atoms with van der Waals surface area (Å²) in [6, 6.07) is 0. The van der Waals surface area contributed by atoms with Crippen molar-refractivity contribution in [1.29, 1.82) is 0 Å². The minimum absolute atomic E-state index is 0.0395. The molecule has 0 bridgehead atoms. The van der Waals surface area contributed by atoms with Gasteiger partial charge in [0.15, 0.2) is 5.11 Å². The fourth-order valence-electron chi connectivity index (χ4n) is 0.509. The molecule has 3 N–H and O–H groups in total. The number of amides is 1. The molecule has 1 saturated heterocycles. The molecular weight excluding hydrogens is 138 g/mol. The highest BCUT2D eigenvalue weighted by atomic mass is 32.1. The molecule has 0 aromatic carbocycles. The molecule has 0 saturated carbocycles. The van der Waals surface area contributed by atoms with Crippen LogP contribution in [0.3, 0.4) is 0 Å². The quantitative estimate of drug-likeness (QED) is 0.365. The highest BCUT2D eigenvalue weighted by molar-refractivity contribution is 7.80. The van der Waals surface area contributed by atoms with Crippen molar-refractivity contribution < 1.29 is 4.79 Å². The molecule has 0 unspecified atom stereocenters. The first-order valence-corrected chi connectivity index (χ1v) is 2.98. The summed E-state index contributed by atoms with van der Waals surface area (Å²) >= 11 is 4.73. The average Bonchev–Trinajstić information content (AvgIpc) is 1.97. The first-order valence-electron chi connectivity index (χ1n) is 2.57. The summed E-state index contributed by atoms with van der Waals surface area (Å²) in [4.78, 5) is 10.6. The SMILES string of the molecule is O=C1CNC(=S)NCN1. The van der Waals surface area contributed by atoms with Crippen LogP contribution in [0, 0.1) is 0 Å². The van der Waals surface area contributed by atoms with Crippen molar-refractivity contribution in [2.75, 3.05) is 13.2 Å². The first kappa shape index (κ1) is 6.28. The largest absolute Gasteiger partial charge is 0.354 e. The summed E-state index contributed by atoms with van der Waals surface area (Å²) in [6.45, 7) is 0.691. The van der Waals surface area contributed by atoms with Crippen LogP contribution in [0.1, 0.15) is 0 Å². The molecular formula is C4H7N3OS. The van der Waals surface area contributed by atoms with E-state index in [0.717, 1.165) is 0 Å². The van der Waals surface area contributed by atoms with E-state index < -0.39 is 0 Å². The summed E-state index contributed by atoms with van der Waals surface area (Å²) in [7, 11) is 0. The highest BCUT2D eigenvalue weighted by Gasteiger charge is 2.05. The van der Waals surface area contributed by atoms with Gasteiger partial charge in [0.05, 0.1) is 13.2 Å². The van der Waals surface area contributed by atoms with E-state index >= 15 is 0 Å². The number of rotatable bonds is 0. The predicted octanol–water partition coefficient (Wildman–Crippen LogP) is -1.46. The lowest BCUT2D eigenvalue weighted by molar-refractivity contribution is -0.119. The van der Waals surface area contributed by atoms with E-state index in [1.54, 1.807) is 0 Å². The van der Waals surface area contributed by atoms with Crippen LogP contribution in [-0.2, 0) is 4.79 Å². The summed E-state index contributed by atoms with van der Waals surface area (Å²) in [5.41, 5.74) is 0. The van der Waals surface area contributed by atoms with Crippen LogP contribution >= 0.6 is 12.2 Å². The molecule has 1 heterocycles. The average molecular weight is 145 g/mol. The van der Waals surface area contributed by atoms with E-state index in [1.807, 2.05) is 0 Å². The van der Waals surface area contributed by atoms with Gasteiger partial charge in [-0.25, -0.2) is 0 Å². The molecule has 4 nitrogen and oxygen atoms in total. The molecule has 0 aromatic heterocycles. The van der Waals surface area contributed by atoms with Crippen molar-refractivity contribution in [2.45, 2.75) is 0 Å². The lowest BCUT2D eigenvalue weighted by atomic mass is 10.6. The fourth-order valence-corrected chi connectivity index (χ4v) is 0.653. The molecule has 5 heteroatoms. The molecule has 0 aromatic rings.